The van der Waals surface area contributed by atoms with Gasteiger partial charge in [-0.2, -0.15) is 0 Å². The van der Waals surface area contributed by atoms with Gasteiger partial charge in [0, 0.05) is 64.2 Å². The highest BCUT2D eigenvalue weighted by molar-refractivity contribution is 5.75. The van der Waals surface area contributed by atoms with Gasteiger partial charge in [-0.15, -0.1) is 0 Å². The number of nitrogens with zero attached hydrogens (tertiary/aromatic N) is 3. The number of benzene rings is 2. The summed E-state index contributed by atoms with van der Waals surface area (Å²) in [4.78, 5) is 20.7. The minimum absolute atomic E-state index is 0.0346. The Labute approximate surface area is 250 Å². The highest BCUT2D eigenvalue weighted by Crippen LogP contribution is 2.38. The predicted octanol–water partition coefficient (Wildman–Crippen LogP) is 4.95. The molecule has 2 aromatic carbocycles. The Morgan fingerprint density at radius 1 is 1.19 bits per heavy atom. The maximum Gasteiger partial charge on any atom is 0.318 e. The number of halogens is 3. The SMILES string of the molecule is COC[C@H](C)NC(=O)N(C[C@@H]1CNC[C@@H]1F)[C@@H](c1nc(-c2cc(F)ccc2F)cn1Cc1ccccc1)C1CCOCC1. The van der Waals surface area contributed by atoms with Crippen LogP contribution in [0.5, 0.6) is 0 Å². The van der Waals surface area contributed by atoms with E-state index in [1.165, 1.54) is 0 Å². The monoisotopic (exact) mass is 599 g/mol. The van der Waals surface area contributed by atoms with Crippen LogP contribution in [-0.2, 0) is 16.0 Å². The maximum atomic E-state index is 15.0. The fraction of sp³-hybridized carbons (Fsp3) is 0.500. The molecule has 3 heterocycles. The standard InChI is InChI=1S/C32H40F3N5O3/c1-21(20-42-2)37-32(41)40(18-24-15-36-16-28(24)35)30(23-10-12-43-13-11-23)31-38-29(26-14-25(33)8-9-27(26)34)19-39(31)17-22-6-4-3-5-7-22/h3-9,14,19,21,23-24,28,30,36H,10-13,15-18,20H2,1-2H3,(H,37,41)/t21-,24-,28-,30+/m0/s1. The van der Waals surface area contributed by atoms with Crippen LogP contribution in [0, 0.1) is 23.5 Å². The predicted molar refractivity (Wildman–Crippen MR) is 157 cm³/mol. The minimum Gasteiger partial charge on any atom is -0.383 e. The van der Waals surface area contributed by atoms with Gasteiger partial charge in [0.15, 0.2) is 0 Å². The first kappa shape index (κ1) is 31.0. The van der Waals surface area contributed by atoms with Crippen molar-refractivity contribution >= 4 is 6.03 Å². The van der Waals surface area contributed by atoms with Crippen LogP contribution in [0.2, 0.25) is 0 Å². The van der Waals surface area contributed by atoms with Crippen LogP contribution in [0.3, 0.4) is 0 Å². The Kier molecular flexibility index (Phi) is 10.4. The van der Waals surface area contributed by atoms with E-state index in [-0.39, 0.29) is 42.3 Å². The number of nitrogens with one attached hydrogen (secondary N) is 2. The van der Waals surface area contributed by atoms with Gasteiger partial charge in [0.05, 0.1) is 24.4 Å². The van der Waals surface area contributed by atoms with Gasteiger partial charge in [-0.25, -0.2) is 22.9 Å². The Hall–Kier alpha value is -3.41. The third kappa shape index (κ3) is 7.57. The summed E-state index contributed by atoms with van der Waals surface area (Å²) in [5.41, 5.74) is 1.28. The number of carbonyl (C=O) groups excluding carboxylic acids is 1. The van der Waals surface area contributed by atoms with Crippen LogP contribution in [0.25, 0.3) is 11.3 Å². The average Bonchev–Trinajstić information content (AvgIpc) is 3.60. The molecule has 2 N–H and O–H groups in total. The molecule has 2 fully saturated rings. The van der Waals surface area contributed by atoms with Crippen LogP contribution >= 0.6 is 0 Å². The van der Waals surface area contributed by atoms with Crippen molar-refractivity contribution in [1.29, 1.82) is 0 Å². The minimum atomic E-state index is -1.11. The molecule has 0 unspecified atom stereocenters. The van der Waals surface area contributed by atoms with Crippen molar-refractivity contribution in [2.75, 3.05) is 46.6 Å². The second-order valence-corrected chi connectivity index (χ2v) is 11.5. The summed E-state index contributed by atoms with van der Waals surface area (Å²) < 4.78 is 57.2. The summed E-state index contributed by atoms with van der Waals surface area (Å²) in [6.07, 6.45) is 1.92. The first-order chi connectivity index (χ1) is 20.8. The van der Waals surface area contributed by atoms with E-state index in [4.69, 9.17) is 14.5 Å². The zero-order chi connectivity index (χ0) is 30.3. The topological polar surface area (TPSA) is 80.7 Å². The van der Waals surface area contributed by atoms with E-state index >= 15 is 8.78 Å². The van der Waals surface area contributed by atoms with E-state index in [1.54, 1.807) is 18.2 Å². The fourth-order valence-electron chi connectivity index (χ4n) is 6.07. The second kappa shape index (κ2) is 14.4. The van der Waals surface area contributed by atoms with Crippen molar-refractivity contribution in [2.24, 2.45) is 11.8 Å². The molecule has 232 valence electrons. The normalized spacial score (nSPS) is 20.6. The van der Waals surface area contributed by atoms with Crippen LogP contribution in [0.1, 0.15) is 37.2 Å². The van der Waals surface area contributed by atoms with E-state index in [0.717, 1.165) is 23.8 Å². The Balaban J connectivity index is 1.63. The number of urea groups is 1. The molecule has 2 saturated heterocycles. The molecular formula is C32H40F3N5O3. The van der Waals surface area contributed by atoms with Gasteiger partial charge in [0.25, 0.3) is 0 Å². The summed E-state index contributed by atoms with van der Waals surface area (Å²) >= 11 is 0. The van der Waals surface area contributed by atoms with Gasteiger partial charge in [-0.1, -0.05) is 30.3 Å². The van der Waals surface area contributed by atoms with Crippen LogP contribution < -0.4 is 10.6 Å². The molecule has 4 atom stereocenters. The molecule has 3 aromatic rings. The molecule has 0 spiro atoms. The highest BCUT2D eigenvalue weighted by Gasteiger charge is 2.40. The molecule has 0 bridgehead atoms. The zero-order valence-electron chi connectivity index (χ0n) is 24.6. The molecule has 2 amide bonds. The summed E-state index contributed by atoms with van der Waals surface area (Å²) in [5, 5.41) is 6.12. The van der Waals surface area contributed by atoms with E-state index in [1.807, 2.05) is 41.8 Å². The van der Waals surface area contributed by atoms with E-state index in [2.05, 4.69) is 10.6 Å². The summed E-state index contributed by atoms with van der Waals surface area (Å²) in [7, 11) is 1.57. The number of hydrogen-bond acceptors (Lipinski definition) is 5. The number of carbonyl (C=O) groups is 1. The maximum absolute atomic E-state index is 15.0. The molecule has 43 heavy (non-hydrogen) atoms. The average molecular weight is 600 g/mol. The number of ether oxygens (including phenoxy) is 2. The largest absolute Gasteiger partial charge is 0.383 e. The number of rotatable bonds is 11. The van der Waals surface area contributed by atoms with E-state index < -0.39 is 29.8 Å². The van der Waals surface area contributed by atoms with E-state index in [9.17, 15) is 9.18 Å². The lowest BCUT2D eigenvalue weighted by atomic mass is 9.89. The molecule has 11 heteroatoms. The lowest BCUT2D eigenvalue weighted by molar-refractivity contribution is 0.0251. The Morgan fingerprint density at radius 3 is 2.65 bits per heavy atom. The third-order valence-electron chi connectivity index (χ3n) is 8.26. The molecule has 5 rings (SSSR count). The number of hydrogen-bond donors (Lipinski definition) is 2. The number of aromatic nitrogens is 2. The van der Waals surface area contributed by atoms with Crippen molar-refractivity contribution < 1.29 is 27.4 Å². The number of amides is 2. The molecular weight excluding hydrogens is 559 g/mol. The molecule has 0 aliphatic carbocycles. The molecule has 8 nitrogen and oxygen atoms in total. The first-order valence-electron chi connectivity index (χ1n) is 14.9. The number of alkyl halides is 1. The van der Waals surface area contributed by atoms with Crippen molar-refractivity contribution in [3.05, 3.63) is 77.8 Å². The van der Waals surface area contributed by atoms with Crippen molar-refractivity contribution in [2.45, 2.75) is 44.6 Å². The lowest BCUT2D eigenvalue weighted by Gasteiger charge is -2.40. The highest BCUT2D eigenvalue weighted by atomic mass is 19.1. The summed E-state index contributed by atoms with van der Waals surface area (Å²) in [6, 6.07) is 11.8. The third-order valence-corrected chi connectivity index (χ3v) is 8.26. The van der Waals surface area contributed by atoms with Gasteiger partial charge in [-0.3, -0.25) is 0 Å². The zero-order valence-corrected chi connectivity index (χ0v) is 24.6. The van der Waals surface area contributed by atoms with Gasteiger partial charge < -0.3 is 29.6 Å². The lowest BCUT2D eigenvalue weighted by Crippen LogP contribution is -2.51. The Bertz CT molecular complexity index is 1350. The van der Waals surface area contributed by atoms with Crippen LogP contribution in [0.15, 0.2) is 54.7 Å². The van der Waals surface area contributed by atoms with Gasteiger partial charge in [0.1, 0.15) is 23.6 Å². The van der Waals surface area contributed by atoms with Crippen molar-refractivity contribution in [1.82, 2.24) is 25.1 Å². The second-order valence-electron chi connectivity index (χ2n) is 11.5. The molecule has 0 radical (unpaired) electrons. The molecule has 2 aliphatic rings. The molecule has 0 saturated carbocycles. The fourth-order valence-corrected chi connectivity index (χ4v) is 6.07. The van der Waals surface area contributed by atoms with Gasteiger partial charge >= 0.3 is 6.03 Å². The van der Waals surface area contributed by atoms with Crippen LogP contribution in [-0.4, -0.2) is 79.3 Å². The molecule has 2 aliphatic heterocycles. The summed E-state index contributed by atoms with van der Waals surface area (Å²) in [5.74, 6) is -1.12. The number of methoxy groups -OCH3 is 1. The van der Waals surface area contributed by atoms with Crippen molar-refractivity contribution in [3.8, 4) is 11.3 Å². The molecule has 1 aromatic heterocycles. The number of imidazole rings is 1. The van der Waals surface area contributed by atoms with Crippen molar-refractivity contribution in [3.63, 3.8) is 0 Å². The van der Waals surface area contributed by atoms with E-state index in [0.29, 0.717) is 51.6 Å². The van der Waals surface area contributed by atoms with Crippen LogP contribution in [0.4, 0.5) is 18.0 Å². The summed E-state index contributed by atoms with van der Waals surface area (Å²) in [6.45, 7) is 4.40. The van der Waals surface area contributed by atoms with Gasteiger partial charge in [-0.05, 0) is 49.4 Å². The Morgan fingerprint density at radius 2 is 1.95 bits per heavy atom. The quantitative estimate of drug-likeness (QED) is 0.326. The first-order valence-corrected chi connectivity index (χ1v) is 14.9. The smallest absolute Gasteiger partial charge is 0.318 e. The van der Waals surface area contributed by atoms with Gasteiger partial charge in [0.2, 0.25) is 0 Å².